The van der Waals surface area contributed by atoms with E-state index in [4.69, 9.17) is 5.11 Å². The van der Waals surface area contributed by atoms with Crippen LogP contribution in [0.1, 0.15) is 22.7 Å². The molecule has 1 N–H and O–H groups in total. The first-order valence-electron chi connectivity index (χ1n) is 6.07. The Balaban J connectivity index is 2.49. The fraction of sp³-hybridized carbons (Fsp3) is 0.462. The van der Waals surface area contributed by atoms with Crippen LogP contribution in [0, 0.1) is 20.8 Å². The first-order valence-corrected chi connectivity index (χ1v) is 6.89. The van der Waals surface area contributed by atoms with Crippen LogP contribution >= 0.6 is 11.3 Å². The van der Waals surface area contributed by atoms with E-state index in [-0.39, 0.29) is 6.42 Å². The molecule has 6 heteroatoms. The molecule has 19 heavy (non-hydrogen) atoms. The summed E-state index contributed by atoms with van der Waals surface area (Å²) in [5.74, 6) is 0.739. The monoisotopic (exact) mass is 279 g/mol. The molecule has 5 nitrogen and oxygen atoms in total. The van der Waals surface area contributed by atoms with Crippen LogP contribution in [-0.2, 0) is 4.79 Å². The minimum absolute atomic E-state index is 0.100. The second kappa shape index (κ2) is 5.13. The van der Waals surface area contributed by atoms with Crippen molar-refractivity contribution in [2.24, 2.45) is 0 Å². The molecule has 0 aliphatic heterocycles. The topological polar surface area (TPSA) is 66.3 Å². The summed E-state index contributed by atoms with van der Waals surface area (Å²) in [6, 6.07) is 0. The molecule has 2 aromatic heterocycles. The third-order valence-electron chi connectivity index (χ3n) is 3.14. The highest BCUT2D eigenvalue weighted by molar-refractivity contribution is 7.18. The molecule has 2 rings (SSSR count). The second-order valence-electron chi connectivity index (χ2n) is 4.62. The maximum Gasteiger partial charge on any atom is 0.305 e. The highest BCUT2D eigenvalue weighted by Gasteiger charge is 2.16. The van der Waals surface area contributed by atoms with Crippen molar-refractivity contribution in [3.05, 3.63) is 16.3 Å². The molecule has 0 unspecified atom stereocenters. The predicted molar refractivity (Wildman–Crippen MR) is 77.1 cm³/mol. The Hall–Kier alpha value is -1.69. The van der Waals surface area contributed by atoms with Gasteiger partial charge in [-0.1, -0.05) is 0 Å². The number of fused-ring (bicyclic) bond motifs is 1. The Bertz CT molecular complexity index is 636. The van der Waals surface area contributed by atoms with Crippen molar-refractivity contribution < 1.29 is 9.90 Å². The maximum atomic E-state index is 10.7. The summed E-state index contributed by atoms with van der Waals surface area (Å²) in [5.41, 5.74) is 1.18. The van der Waals surface area contributed by atoms with E-state index in [1.165, 1.54) is 10.4 Å². The lowest BCUT2D eigenvalue weighted by molar-refractivity contribution is -0.136. The van der Waals surface area contributed by atoms with Gasteiger partial charge in [0.1, 0.15) is 16.5 Å². The highest BCUT2D eigenvalue weighted by atomic mass is 32.1. The van der Waals surface area contributed by atoms with Crippen LogP contribution in [0.4, 0.5) is 5.82 Å². The van der Waals surface area contributed by atoms with Gasteiger partial charge in [-0.05, 0) is 26.3 Å². The Morgan fingerprint density at radius 2 is 2.00 bits per heavy atom. The van der Waals surface area contributed by atoms with Crippen molar-refractivity contribution in [3.63, 3.8) is 0 Å². The zero-order chi connectivity index (χ0) is 14.2. The molecule has 0 aromatic carbocycles. The molecule has 0 atom stereocenters. The minimum Gasteiger partial charge on any atom is -0.481 e. The molecule has 0 saturated carbocycles. The second-order valence-corrected chi connectivity index (χ2v) is 5.83. The molecule has 0 spiro atoms. The fourth-order valence-corrected chi connectivity index (χ4v) is 3.05. The summed E-state index contributed by atoms with van der Waals surface area (Å²) in [7, 11) is 1.87. The number of aliphatic carboxylic acids is 1. The quantitative estimate of drug-likeness (QED) is 0.931. The van der Waals surface area contributed by atoms with Crippen LogP contribution in [-0.4, -0.2) is 34.6 Å². The zero-order valence-corrected chi connectivity index (χ0v) is 12.3. The van der Waals surface area contributed by atoms with Gasteiger partial charge in [0.2, 0.25) is 0 Å². The average Bonchev–Trinajstić information content (AvgIpc) is 2.61. The van der Waals surface area contributed by atoms with Gasteiger partial charge in [0.15, 0.2) is 0 Å². The van der Waals surface area contributed by atoms with Crippen LogP contribution in [0.15, 0.2) is 0 Å². The molecule has 2 aromatic rings. The number of anilines is 1. The van der Waals surface area contributed by atoms with E-state index in [1.54, 1.807) is 11.3 Å². The summed E-state index contributed by atoms with van der Waals surface area (Å²) in [5, 5.41) is 9.82. The summed E-state index contributed by atoms with van der Waals surface area (Å²) in [4.78, 5) is 23.7. The Kier molecular flexibility index (Phi) is 3.71. The molecular weight excluding hydrogens is 262 g/mol. The number of rotatable bonds is 4. The number of thiophene rings is 1. The number of carboxylic acids is 1. The van der Waals surface area contributed by atoms with Crippen molar-refractivity contribution in [1.82, 2.24) is 9.97 Å². The molecule has 2 heterocycles. The fourth-order valence-electron chi connectivity index (χ4n) is 1.98. The van der Waals surface area contributed by atoms with Crippen molar-refractivity contribution in [2.45, 2.75) is 27.2 Å². The standard InChI is InChI=1S/C13H17N3O2S/c1-7-8(2)19-13-11(7)12(14-9(3)15-13)16(4)6-5-10(17)18/h5-6H2,1-4H3,(H,17,18). The lowest BCUT2D eigenvalue weighted by Crippen LogP contribution is -2.22. The molecule has 0 amide bonds. The van der Waals surface area contributed by atoms with Crippen molar-refractivity contribution in [2.75, 3.05) is 18.5 Å². The van der Waals surface area contributed by atoms with E-state index in [0.29, 0.717) is 12.4 Å². The predicted octanol–water partition coefficient (Wildman–Crippen LogP) is 2.53. The van der Waals surface area contributed by atoms with Crippen LogP contribution in [0.2, 0.25) is 0 Å². The van der Waals surface area contributed by atoms with Crippen molar-refractivity contribution >= 4 is 33.3 Å². The molecular formula is C13H17N3O2S. The van der Waals surface area contributed by atoms with E-state index in [9.17, 15) is 4.79 Å². The first kappa shape index (κ1) is 13.7. The molecule has 0 aliphatic rings. The van der Waals surface area contributed by atoms with Crippen LogP contribution in [0.25, 0.3) is 10.2 Å². The van der Waals surface area contributed by atoms with Gasteiger partial charge >= 0.3 is 5.97 Å². The minimum atomic E-state index is -0.799. The number of hydrogen-bond donors (Lipinski definition) is 1. The summed E-state index contributed by atoms with van der Waals surface area (Å²) in [6.07, 6.45) is 0.100. The average molecular weight is 279 g/mol. The van der Waals surface area contributed by atoms with E-state index < -0.39 is 5.97 Å². The Morgan fingerprint density at radius 1 is 1.32 bits per heavy atom. The van der Waals surface area contributed by atoms with E-state index in [2.05, 4.69) is 23.8 Å². The first-order chi connectivity index (χ1) is 8.90. The normalized spacial score (nSPS) is 10.9. The highest BCUT2D eigenvalue weighted by Crippen LogP contribution is 2.34. The molecule has 0 radical (unpaired) electrons. The largest absolute Gasteiger partial charge is 0.481 e. The number of carbonyl (C=O) groups is 1. The van der Waals surface area contributed by atoms with Gasteiger partial charge < -0.3 is 10.0 Å². The maximum absolute atomic E-state index is 10.7. The van der Waals surface area contributed by atoms with Crippen LogP contribution in [0.3, 0.4) is 0 Å². The van der Waals surface area contributed by atoms with Gasteiger partial charge in [-0.15, -0.1) is 11.3 Å². The third-order valence-corrected chi connectivity index (χ3v) is 4.25. The SMILES string of the molecule is Cc1nc(N(C)CCC(=O)O)c2c(C)c(C)sc2n1. The third kappa shape index (κ3) is 2.68. The number of hydrogen-bond acceptors (Lipinski definition) is 5. The van der Waals surface area contributed by atoms with E-state index >= 15 is 0 Å². The van der Waals surface area contributed by atoms with Gasteiger partial charge in [-0.25, -0.2) is 9.97 Å². The van der Waals surface area contributed by atoms with Crippen molar-refractivity contribution in [1.29, 1.82) is 0 Å². The summed E-state index contributed by atoms with van der Waals surface area (Å²) >= 11 is 1.65. The van der Waals surface area contributed by atoms with Gasteiger partial charge in [-0.2, -0.15) is 0 Å². The molecule has 102 valence electrons. The number of carboxylic acid groups (broad SMARTS) is 1. The lowest BCUT2D eigenvalue weighted by atomic mass is 10.2. The number of aromatic nitrogens is 2. The number of nitrogens with zero attached hydrogens (tertiary/aromatic N) is 3. The molecule has 0 aliphatic carbocycles. The van der Waals surface area contributed by atoms with Crippen LogP contribution in [0.5, 0.6) is 0 Å². The summed E-state index contributed by atoms with van der Waals surface area (Å²) < 4.78 is 0. The Labute approximate surface area is 115 Å². The number of aryl methyl sites for hydroxylation is 3. The van der Waals surface area contributed by atoms with Crippen molar-refractivity contribution in [3.8, 4) is 0 Å². The summed E-state index contributed by atoms with van der Waals surface area (Å²) in [6.45, 7) is 6.42. The molecule has 0 saturated heterocycles. The van der Waals surface area contributed by atoms with E-state index in [1.807, 2.05) is 18.9 Å². The van der Waals surface area contributed by atoms with Crippen LogP contribution < -0.4 is 4.90 Å². The zero-order valence-electron chi connectivity index (χ0n) is 11.5. The lowest BCUT2D eigenvalue weighted by Gasteiger charge is -2.18. The van der Waals surface area contributed by atoms with Gasteiger partial charge in [0, 0.05) is 18.5 Å². The smallest absolute Gasteiger partial charge is 0.305 e. The van der Waals surface area contributed by atoms with E-state index in [0.717, 1.165) is 16.0 Å². The van der Waals surface area contributed by atoms with Gasteiger partial charge in [0.25, 0.3) is 0 Å². The Morgan fingerprint density at radius 3 is 2.63 bits per heavy atom. The van der Waals surface area contributed by atoms with Gasteiger partial charge in [-0.3, -0.25) is 4.79 Å². The molecule has 0 bridgehead atoms. The molecule has 0 fully saturated rings. The van der Waals surface area contributed by atoms with Gasteiger partial charge in [0.05, 0.1) is 11.8 Å².